The second-order valence-electron chi connectivity index (χ2n) is 4.27. The summed E-state index contributed by atoms with van der Waals surface area (Å²) < 4.78 is 0. The molecule has 17 heavy (non-hydrogen) atoms. The van der Waals surface area contributed by atoms with Crippen molar-refractivity contribution in [2.75, 3.05) is 18.0 Å². The van der Waals surface area contributed by atoms with Crippen LogP contribution < -0.4 is 10.6 Å². The number of hydrogen-bond donors (Lipinski definition) is 1. The van der Waals surface area contributed by atoms with Gasteiger partial charge in [-0.15, -0.1) is 10.2 Å². The molecule has 0 aromatic carbocycles. The Morgan fingerprint density at radius 3 is 2.65 bits per heavy atom. The van der Waals surface area contributed by atoms with Gasteiger partial charge in [-0.1, -0.05) is 37.7 Å². The normalized spacial score (nSPS) is 10.6. The highest BCUT2D eigenvalue weighted by atomic mass is 35.5. The van der Waals surface area contributed by atoms with Gasteiger partial charge in [-0.25, -0.2) is 0 Å². The second kappa shape index (κ2) is 6.71. The summed E-state index contributed by atoms with van der Waals surface area (Å²) in [6, 6.07) is 3.59. The van der Waals surface area contributed by atoms with E-state index in [4.69, 9.17) is 29.6 Å². The SMILES string of the molecule is CC(C)CN(CCC(N)=S)c1ccc(Cl)nn1. The summed E-state index contributed by atoms with van der Waals surface area (Å²) in [6.45, 7) is 5.94. The standard InChI is InChI=1S/C11H17ClN4S/c1-8(2)7-16(6-5-10(13)17)11-4-3-9(12)14-15-11/h3-4,8H,5-7H2,1-2H3,(H2,13,17). The summed E-state index contributed by atoms with van der Waals surface area (Å²) in [4.78, 5) is 2.63. The third-order valence-electron chi connectivity index (χ3n) is 2.16. The Balaban J connectivity index is 2.74. The summed E-state index contributed by atoms with van der Waals surface area (Å²) in [6.07, 6.45) is 0.673. The van der Waals surface area contributed by atoms with Crippen LogP contribution in [0.4, 0.5) is 5.82 Å². The molecule has 0 aliphatic heterocycles. The zero-order valence-electron chi connectivity index (χ0n) is 10.1. The van der Waals surface area contributed by atoms with E-state index >= 15 is 0 Å². The van der Waals surface area contributed by atoms with Gasteiger partial charge in [0, 0.05) is 19.5 Å². The van der Waals surface area contributed by atoms with Gasteiger partial charge >= 0.3 is 0 Å². The maximum atomic E-state index is 5.72. The van der Waals surface area contributed by atoms with Gasteiger partial charge in [0.1, 0.15) is 0 Å². The van der Waals surface area contributed by atoms with Crippen molar-refractivity contribution in [2.24, 2.45) is 11.7 Å². The van der Waals surface area contributed by atoms with Crippen LogP contribution in [-0.2, 0) is 0 Å². The van der Waals surface area contributed by atoms with Gasteiger partial charge in [0.05, 0.1) is 4.99 Å². The number of aromatic nitrogens is 2. The molecule has 0 saturated heterocycles. The van der Waals surface area contributed by atoms with Crippen LogP contribution in [0.5, 0.6) is 0 Å². The van der Waals surface area contributed by atoms with Crippen LogP contribution in [0.15, 0.2) is 12.1 Å². The molecule has 1 rings (SSSR count). The van der Waals surface area contributed by atoms with Gasteiger partial charge in [-0.3, -0.25) is 0 Å². The molecule has 0 aliphatic carbocycles. The fraction of sp³-hybridized carbons (Fsp3) is 0.545. The molecule has 0 atom stereocenters. The molecule has 0 fully saturated rings. The van der Waals surface area contributed by atoms with Gasteiger partial charge in [-0.2, -0.15) is 0 Å². The summed E-state index contributed by atoms with van der Waals surface area (Å²) in [5.41, 5.74) is 5.52. The molecule has 2 N–H and O–H groups in total. The van der Waals surface area contributed by atoms with Gasteiger partial charge in [0.15, 0.2) is 11.0 Å². The van der Waals surface area contributed by atoms with E-state index in [1.165, 1.54) is 0 Å². The minimum atomic E-state index is 0.396. The molecule has 4 nitrogen and oxygen atoms in total. The predicted molar refractivity (Wildman–Crippen MR) is 75.5 cm³/mol. The highest BCUT2D eigenvalue weighted by Gasteiger charge is 2.10. The van der Waals surface area contributed by atoms with E-state index < -0.39 is 0 Å². The largest absolute Gasteiger partial charge is 0.393 e. The van der Waals surface area contributed by atoms with E-state index in [-0.39, 0.29) is 0 Å². The van der Waals surface area contributed by atoms with E-state index in [1.54, 1.807) is 6.07 Å². The third kappa shape index (κ3) is 5.28. The van der Waals surface area contributed by atoms with Crippen molar-refractivity contribution in [1.82, 2.24) is 10.2 Å². The Hall–Kier alpha value is -0.940. The summed E-state index contributed by atoms with van der Waals surface area (Å²) in [5, 5.41) is 8.31. The summed E-state index contributed by atoms with van der Waals surface area (Å²) >= 11 is 10.6. The highest BCUT2D eigenvalue weighted by molar-refractivity contribution is 7.80. The van der Waals surface area contributed by atoms with Crippen LogP contribution in [0.2, 0.25) is 5.15 Å². The first-order valence-corrected chi connectivity index (χ1v) is 6.30. The van der Waals surface area contributed by atoms with Gasteiger partial charge in [-0.05, 0) is 18.1 Å². The fourth-order valence-corrected chi connectivity index (χ4v) is 1.65. The lowest BCUT2D eigenvalue weighted by Crippen LogP contribution is -2.31. The molecule has 0 radical (unpaired) electrons. The van der Waals surface area contributed by atoms with Crippen LogP contribution in [0.3, 0.4) is 0 Å². The van der Waals surface area contributed by atoms with Crippen molar-refractivity contribution in [3.63, 3.8) is 0 Å². The van der Waals surface area contributed by atoms with Crippen LogP contribution in [0.25, 0.3) is 0 Å². The minimum Gasteiger partial charge on any atom is -0.393 e. The van der Waals surface area contributed by atoms with Crippen molar-refractivity contribution in [3.8, 4) is 0 Å². The first-order chi connectivity index (χ1) is 7.99. The number of nitrogens with two attached hydrogens (primary N) is 1. The van der Waals surface area contributed by atoms with Gasteiger partial charge in [0.2, 0.25) is 0 Å². The Bertz CT molecular complexity index is 366. The zero-order valence-corrected chi connectivity index (χ0v) is 11.6. The van der Waals surface area contributed by atoms with Crippen LogP contribution in [0, 0.1) is 5.92 Å². The third-order valence-corrected chi connectivity index (χ3v) is 2.56. The number of rotatable bonds is 6. The maximum Gasteiger partial charge on any atom is 0.151 e. The lowest BCUT2D eigenvalue weighted by Gasteiger charge is -2.24. The Morgan fingerprint density at radius 1 is 1.47 bits per heavy atom. The Labute approximate surface area is 112 Å². The zero-order chi connectivity index (χ0) is 12.8. The first-order valence-electron chi connectivity index (χ1n) is 5.51. The quantitative estimate of drug-likeness (QED) is 0.805. The van der Waals surface area contributed by atoms with E-state index in [2.05, 4.69) is 28.9 Å². The van der Waals surface area contributed by atoms with Crippen LogP contribution >= 0.6 is 23.8 Å². The number of nitrogens with zero attached hydrogens (tertiary/aromatic N) is 3. The van der Waals surface area contributed by atoms with Gasteiger partial charge < -0.3 is 10.6 Å². The molecule has 6 heteroatoms. The molecule has 94 valence electrons. The molecule has 0 saturated carbocycles. The molecular formula is C11H17ClN4S. The molecule has 1 aromatic heterocycles. The summed E-state index contributed by atoms with van der Waals surface area (Å²) in [5.74, 6) is 1.33. The molecule has 0 unspecified atom stereocenters. The minimum absolute atomic E-state index is 0.396. The average molecular weight is 273 g/mol. The molecule has 0 spiro atoms. The molecule has 1 heterocycles. The highest BCUT2D eigenvalue weighted by Crippen LogP contribution is 2.14. The lowest BCUT2D eigenvalue weighted by molar-refractivity contribution is 0.607. The Kier molecular flexibility index (Phi) is 5.58. The maximum absolute atomic E-state index is 5.72. The van der Waals surface area contributed by atoms with Gasteiger partial charge in [0.25, 0.3) is 0 Å². The van der Waals surface area contributed by atoms with E-state index in [9.17, 15) is 0 Å². The molecule has 0 amide bonds. The lowest BCUT2D eigenvalue weighted by atomic mass is 10.2. The predicted octanol–water partition coefficient (Wildman–Crippen LogP) is 2.27. The van der Waals surface area contributed by atoms with Crippen molar-refractivity contribution in [1.29, 1.82) is 0 Å². The molecule has 0 bridgehead atoms. The molecular weight excluding hydrogens is 256 g/mol. The smallest absolute Gasteiger partial charge is 0.151 e. The van der Waals surface area contributed by atoms with E-state index in [1.807, 2.05) is 6.07 Å². The second-order valence-corrected chi connectivity index (χ2v) is 5.18. The number of anilines is 1. The number of thiocarbonyl (C=S) groups is 1. The van der Waals surface area contributed by atoms with Crippen molar-refractivity contribution in [2.45, 2.75) is 20.3 Å². The monoisotopic (exact) mass is 272 g/mol. The number of hydrogen-bond acceptors (Lipinski definition) is 4. The average Bonchev–Trinajstić information content (AvgIpc) is 2.25. The number of halogens is 1. The van der Waals surface area contributed by atoms with E-state index in [0.29, 0.717) is 22.5 Å². The molecule has 0 aliphatic rings. The van der Waals surface area contributed by atoms with Crippen molar-refractivity contribution < 1.29 is 0 Å². The Morgan fingerprint density at radius 2 is 2.18 bits per heavy atom. The van der Waals surface area contributed by atoms with Crippen molar-refractivity contribution in [3.05, 3.63) is 17.3 Å². The summed E-state index contributed by atoms with van der Waals surface area (Å²) in [7, 11) is 0. The first kappa shape index (κ1) is 14.1. The van der Waals surface area contributed by atoms with Crippen LogP contribution in [0.1, 0.15) is 20.3 Å². The topological polar surface area (TPSA) is 55.0 Å². The van der Waals surface area contributed by atoms with Crippen molar-refractivity contribution >= 4 is 34.6 Å². The van der Waals surface area contributed by atoms with Crippen LogP contribution in [-0.4, -0.2) is 28.3 Å². The fourth-order valence-electron chi connectivity index (χ4n) is 1.46. The molecule has 1 aromatic rings. The van der Waals surface area contributed by atoms with E-state index in [0.717, 1.165) is 18.9 Å².